The van der Waals surface area contributed by atoms with Crippen molar-refractivity contribution in [1.29, 1.82) is 0 Å². The standard InChI is InChI=1S/C7H11ClN2/c8-7(1-4-9)2-5-10-6-3-7/h2,5-6H,1,3-4,9H2. The van der Waals surface area contributed by atoms with Crippen LogP contribution in [0, 0.1) is 0 Å². The molecule has 1 unspecified atom stereocenters. The Morgan fingerprint density at radius 2 is 2.50 bits per heavy atom. The Labute approximate surface area is 65.8 Å². The fourth-order valence-electron chi connectivity index (χ4n) is 0.935. The average Bonchev–Trinajstić information content (AvgIpc) is 1.89. The zero-order valence-corrected chi connectivity index (χ0v) is 6.51. The zero-order valence-electron chi connectivity index (χ0n) is 5.76. The predicted octanol–water partition coefficient (Wildman–Crippen LogP) is 1.30. The molecule has 0 aliphatic carbocycles. The van der Waals surface area contributed by atoms with Crippen molar-refractivity contribution in [2.45, 2.75) is 17.7 Å². The minimum atomic E-state index is -0.253. The molecule has 1 aliphatic heterocycles. The summed E-state index contributed by atoms with van der Waals surface area (Å²) in [5.41, 5.74) is 5.38. The van der Waals surface area contributed by atoms with Crippen LogP contribution < -0.4 is 5.73 Å². The van der Waals surface area contributed by atoms with E-state index in [1.165, 1.54) is 0 Å². The van der Waals surface area contributed by atoms with Gasteiger partial charge in [0.2, 0.25) is 0 Å². The fraction of sp³-hybridized carbons (Fsp3) is 0.571. The number of nitrogens with zero attached hydrogens (tertiary/aromatic N) is 1. The summed E-state index contributed by atoms with van der Waals surface area (Å²) in [7, 11) is 0. The molecular formula is C7H11ClN2. The Hall–Kier alpha value is -0.340. The maximum atomic E-state index is 6.12. The lowest BCUT2D eigenvalue weighted by atomic mass is 10.00. The van der Waals surface area contributed by atoms with Crippen LogP contribution in [0.2, 0.25) is 0 Å². The molecule has 0 aromatic carbocycles. The molecule has 3 heteroatoms. The number of hydrogen-bond acceptors (Lipinski definition) is 2. The summed E-state index contributed by atoms with van der Waals surface area (Å²) < 4.78 is 0. The van der Waals surface area contributed by atoms with Crippen LogP contribution in [0.5, 0.6) is 0 Å². The van der Waals surface area contributed by atoms with Crippen molar-refractivity contribution in [1.82, 2.24) is 0 Å². The van der Waals surface area contributed by atoms with E-state index in [1.807, 2.05) is 12.3 Å². The molecule has 0 aromatic heterocycles. The number of rotatable bonds is 2. The normalized spacial score (nSPS) is 31.0. The lowest BCUT2D eigenvalue weighted by molar-refractivity contribution is 0.659. The Kier molecular flexibility index (Phi) is 2.46. The summed E-state index contributed by atoms with van der Waals surface area (Å²) in [5, 5.41) is 0. The topological polar surface area (TPSA) is 38.4 Å². The Bertz CT molecular complexity index is 165. The highest BCUT2D eigenvalue weighted by Crippen LogP contribution is 2.26. The summed E-state index contributed by atoms with van der Waals surface area (Å²) in [4.78, 5) is 3.67. The number of allylic oxidation sites excluding steroid dienone is 1. The van der Waals surface area contributed by atoms with Gasteiger partial charge in [-0.2, -0.15) is 0 Å². The van der Waals surface area contributed by atoms with E-state index < -0.39 is 0 Å². The van der Waals surface area contributed by atoms with Crippen LogP contribution in [0.15, 0.2) is 17.3 Å². The highest BCUT2D eigenvalue weighted by Gasteiger charge is 2.22. The first-order valence-corrected chi connectivity index (χ1v) is 3.73. The minimum Gasteiger partial charge on any atom is -0.330 e. The lowest BCUT2D eigenvalue weighted by Gasteiger charge is -2.21. The van der Waals surface area contributed by atoms with Crippen LogP contribution in [-0.2, 0) is 0 Å². The van der Waals surface area contributed by atoms with Crippen LogP contribution in [0.3, 0.4) is 0 Å². The summed E-state index contributed by atoms with van der Waals surface area (Å²) in [6.07, 6.45) is 7.07. The second-order valence-corrected chi connectivity index (χ2v) is 3.18. The van der Waals surface area contributed by atoms with E-state index in [1.54, 1.807) is 6.20 Å². The van der Waals surface area contributed by atoms with Gasteiger partial charge >= 0.3 is 0 Å². The molecule has 0 amide bonds. The van der Waals surface area contributed by atoms with Gasteiger partial charge in [0.05, 0.1) is 4.87 Å². The predicted molar refractivity (Wildman–Crippen MR) is 44.5 cm³/mol. The molecule has 0 spiro atoms. The van der Waals surface area contributed by atoms with Crippen molar-refractivity contribution in [3.05, 3.63) is 12.3 Å². The molecular weight excluding hydrogens is 148 g/mol. The van der Waals surface area contributed by atoms with Crippen molar-refractivity contribution in [2.75, 3.05) is 6.54 Å². The third-order valence-electron chi connectivity index (χ3n) is 1.56. The molecule has 0 saturated carbocycles. The van der Waals surface area contributed by atoms with E-state index >= 15 is 0 Å². The highest BCUT2D eigenvalue weighted by molar-refractivity contribution is 6.26. The van der Waals surface area contributed by atoms with Crippen molar-refractivity contribution in [3.63, 3.8) is 0 Å². The molecule has 1 atom stereocenters. The highest BCUT2D eigenvalue weighted by atomic mass is 35.5. The van der Waals surface area contributed by atoms with Crippen LogP contribution in [0.1, 0.15) is 12.8 Å². The summed E-state index contributed by atoms with van der Waals surface area (Å²) in [5.74, 6) is 0. The van der Waals surface area contributed by atoms with Gasteiger partial charge < -0.3 is 5.73 Å². The maximum Gasteiger partial charge on any atom is 0.0704 e. The van der Waals surface area contributed by atoms with Crippen molar-refractivity contribution < 1.29 is 0 Å². The molecule has 1 rings (SSSR count). The number of hydrogen-bond donors (Lipinski definition) is 1. The van der Waals surface area contributed by atoms with E-state index in [-0.39, 0.29) is 4.87 Å². The van der Waals surface area contributed by atoms with Crippen molar-refractivity contribution in [2.24, 2.45) is 10.7 Å². The van der Waals surface area contributed by atoms with E-state index in [4.69, 9.17) is 17.3 Å². The van der Waals surface area contributed by atoms with Crippen LogP contribution in [0.25, 0.3) is 0 Å². The molecule has 2 N–H and O–H groups in total. The quantitative estimate of drug-likeness (QED) is 0.605. The Morgan fingerprint density at radius 3 is 3.00 bits per heavy atom. The molecule has 0 aromatic rings. The van der Waals surface area contributed by atoms with Gasteiger partial charge in [-0.15, -0.1) is 11.6 Å². The third-order valence-corrected chi connectivity index (χ3v) is 2.02. The molecule has 56 valence electrons. The minimum absolute atomic E-state index is 0.253. The molecule has 0 bridgehead atoms. The second kappa shape index (κ2) is 3.17. The van der Waals surface area contributed by atoms with Crippen LogP contribution >= 0.6 is 11.6 Å². The van der Waals surface area contributed by atoms with Crippen LogP contribution in [-0.4, -0.2) is 17.6 Å². The van der Waals surface area contributed by atoms with Crippen LogP contribution in [0.4, 0.5) is 0 Å². The molecule has 0 radical (unpaired) electrons. The summed E-state index contributed by atoms with van der Waals surface area (Å²) in [6.45, 7) is 0.627. The van der Waals surface area contributed by atoms with Gasteiger partial charge in [-0.05, 0) is 19.0 Å². The molecule has 2 nitrogen and oxygen atoms in total. The van der Waals surface area contributed by atoms with Gasteiger partial charge in [0.1, 0.15) is 0 Å². The molecule has 1 heterocycles. The SMILES string of the molecule is NCCC1(Cl)C=CN=CC1. The molecule has 0 saturated heterocycles. The third kappa shape index (κ3) is 1.82. The maximum absolute atomic E-state index is 6.12. The monoisotopic (exact) mass is 158 g/mol. The van der Waals surface area contributed by atoms with Gasteiger partial charge in [-0.1, -0.05) is 0 Å². The van der Waals surface area contributed by atoms with Crippen molar-refractivity contribution in [3.8, 4) is 0 Å². The summed E-state index contributed by atoms with van der Waals surface area (Å²) in [6, 6.07) is 0. The molecule has 0 fully saturated rings. The Morgan fingerprint density at radius 1 is 1.70 bits per heavy atom. The summed E-state index contributed by atoms with van der Waals surface area (Å²) >= 11 is 6.12. The largest absolute Gasteiger partial charge is 0.330 e. The van der Waals surface area contributed by atoms with Crippen molar-refractivity contribution >= 4 is 17.8 Å². The number of alkyl halides is 1. The van der Waals surface area contributed by atoms with E-state index in [0.29, 0.717) is 6.54 Å². The van der Waals surface area contributed by atoms with Gasteiger partial charge in [0.25, 0.3) is 0 Å². The number of halogens is 1. The average molecular weight is 159 g/mol. The number of aliphatic imine (C=N–C) groups is 1. The fourth-order valence-corrected chi connectivity index (χ4v) is 1.17. The van der Waals surface area contributed by atoms with E-state index in [0.717, 1.165) is 12.8 Å². The lowest BCUT2D eigenvalue weighted by Crippen LogP contribution is -2.24. The van der Waals surface area contributed by atoms with Gasteiger partial charge in [0, 0.05) is 18.8 Å². The second-order valence-electron chi connectivity index (χ2n) is 2.42. The Balaban J connectivity index is 2.52. The van der Waals surface area contributed by atoms with E-state index in [9.17, 15) is 0 Å². The van der Waals surface area contributed by atoms with E-state index in [2.05, 4.69) is 4.99 Å². The number of nitrogens with two attached hydrogens (primary N) is 1. The molecule has 1 aliphatic rings. The smallest absolute Gasteiger partial charge is 0.0704 e. The first-order valence-electron chi connectivity index (χ1n) is 3.35. The van der Waals surface area contributed by atoms with Gasteiger partial charge in [-0.3, -0.25) is 4.99 Å². The first kappa shape index (κ1) is 7.76. The first-order chi connectivity index (χ1) is 4.77. The van der Waals surface area contributed by atoms with Gasteiger partial charge in [0.15, 0.2) is 0 Å². The van der Waals surface area contributed by atoms with Gasteiger partial charge in [-0.25, -0.2) is 0 Å². The molecule has 10 heavy (non-hydrogen) atoms. The zero-order chi connectivity index (χ0) is 7.45.